The van der Waals surface area contributed by atoms with Crippen LogP contribution >= 0.6 is 24.0 Å². The lowest BCUT2D eigenvalue weighted by Gasteiger charge is -2.10. The van der Waals surface area contributed by atoms with Crippen molar-refractivity contribution >= 4 is 29.1 Å². The van der Waals surface area contributed by atoms with Crippen LogP contribution in [0.4, 0.5) is 0 Å². The van der Waals surface area contributed by atoms with Crippen LogP contribution in [0.3, 0.4) is 0 Å². The van der Waals surface area contributed by atoms with Gasteiger partial charge < -0.3 is 19.6 Å². The van der Waals surface area contributed by atoms with Gasteiger partial charge in [-0.3, -0.25) is 0 Å². The molecule has 0 unspecified atom stereocenters. The summed E-state index contributed by atoms with van der Waals surface area (Å²) in [6, 6.07) is 4.03. The van der Waals surface area contributed by atoms with E-state index in [4.69, 9.17) is 16.6 Å². The Balaban J connectivity index is 1.45. The van der Waals surface area contributed by atoms with Gasteiger partial charge in [0.1, 0.15) is 11.5 Å². The molecule has 0 fully saturated rings. The van der Waals surface area contributed by atoms with Crippen LogP contribution in [0.1, 0.15) is 23.6 Å². The number of nitrogens with one attached hydrogen (secondary N) is 2. The molecule has 0 aliphatic heterocycles. The first-order chi connectivity index (χ1) is 11.1. The summed E-state index contributed by atoms with van der Waals surface area (Å²) in [5.74, 6) is 3.90. The molecule has 2 aromatic rings. The molecular weight excluding hydrogens is 328 g/mol. The molecule has 0 atom stereocenters. The molecule has 5 nitrogen and oxygen atoms in total. The number of aromatic nitrogens is 2. The summed E-state index contributed by atoms with van der Waals surface area (Å²) < 4.78 is 7.63. The summed E-state index contributed by atoms with van der Waals surface area (Å²) in [5, 5.41) is 7.18. The van der Waals surface area contributed by atoms with Crippen molar-refractivity contribution in [2.45, 2.75) is 32.6 Å². The summed E-state index contributed by atoms with van der Waals surface area (Å²) in [4.78, 5) is 4.21. The van der Waals surface area contributed by atoms with E-state index in [2.05, 4.69) is 20.2 Å². The number of hydrogen-bond acceptors (Lipinski definition) is 4. The predicted molar refractivity (Wildman–Crippen MR) is 99.8 cm³/mol. The van der Waals surface area contributed by atoms with Crippen molar-refractivity contribution in [2.75, 3.05) is 18.8 Å². The molecule has 7 heteroatoms. The first-order valence-corrected chi connectivity index (χ1v) is 9.33. The highest BCUT2D eigenvalue weighted by molar-refractivity contribution is 7.98. The highest BCUT2D eigenvalue weighted by Crippen LogP contribution is 2.14. The lowest BCUT2D eigenvalue weighted by Crippen LogP contribution is -2.37. The van der Waals surface area contributed by atoms with Crippen LogP contribution in [0, 0.1) is 13.8 Å². The van der Waals surface area contributed by atoms with Gasteiger partial charge in [-0.2, -0.15) is 11.8 Å². The van der Waals surface area contributed by atoms with Crippen LogP contribution in [0.5, 0.6) is 0 Å². The average molecular weight is 353 g/mol. The average Bonchev–Trinajstić information content (AvgIpc) is 3.12. The second-order valence-corrected chi connectivity index (χ2v) is 6.87. The van der Waals surface area contributed by atoms with Gasteiger partial charge in [-0.15, -0.1) is 0 Å². The van der Waals surface area contributed by atoms with Gasteiger partial charge in [-0.05, 0) is 44.6 Å². The molecule has 0 spiro atoms. The Hall–Kier alpha value is -1.47. The Bertz CT molecular complexity index is 609. The third-order valence-corrected chi connectivity index (χ3v) is 4.48. The van der Waals surface area contributed by atoms with Crippen LogP contribution in [0.2, 0.25) is 0 Å². The maximum atomic E-state index is 5.53. The second kappa shape index (κ2) is 9.62. The van der Waals surface area contributed by atoms with Crippen molar-refractivity contribution in [3.63, 3.8) is 0 Å². The van der Waals surface area contributed by atoms with Crippen molar-refractivity contribution in [3.8, 4) is 0 Å². The summed E-state index contributed by atoms with van der Waals surface area (Å²) in [7, 11) is 0. The normalized spacial score (nSPS) is 10.7. The van der Waals surface area contributed by atoms with E-state index in [1.54, 1.807) is 0 Å². The van der Waals surface area contributed by atoms with Gasteiger partial charge in [0.05, 0.1) is 17.8 Å². The van der Waals surface area contributed by atoms with Gasteiger partial charge >= 0.3 is 0 Å². The third-order valence-electron chi connectivity index (χ3n) is 3.21. The number of thioether (sulfide) groups is 1. The minimum atomic E-state index is 0.723. The van der Waals surface area contributed by atoms with E-state index in [-0.39, 0.29) is 0 Å². The molecule has 0 aliphatic carbocycles. The van der Waals surface area contributed by atoms with E-state index < -0.39 is 0 Å². The fourth-order valence-electron chi connectivity index (χ4n) is 2.09. The maximum absolute atomic E-state index is 5.53. The first kappa shape index (κ1) is 17.9. The van der Waals surface area contributed by atoms with Crippen molar-refractivity contribution in [1.82, 2.24) is 20.2 Å². The Morgan fingerprint density at radius 2 is 2.13 bits per heavy atom. The number of aryl methyl sites for hydroxylation is 3. The molecule has 0 radical (unpaired) electrons. The summed E-state index contributed by atoms with van der Waals surface area (Å²) in [6.45, 7) is 6.64. The molecule has 0 amide bonds. The van der Waals surface area contributed by atoms with Crippen molar-refractivity contribution < 1.29 is 4.42 Å². The topological polar surface area (TPSA) is 55.0 Å². The highest BCUT2D eigenvalue weighted by Gasteiger charge is 2.00. The van der Waals surface area contributed by atoms with E-state index >= 15 is 0 Å². The number of imidazole rings is 1. The van der Waals surface area contributed by atoms with E-state index in [0.29, 0.717) is 0 Å². The lowest BCUT2D eigenvalue weighted by atomic mass is 10.4. The monoisotopic (exact) mass is 352 g/mol. The Kier molecular flexibility index (Phi) is 7.48. The molecule has 2 N–H and O–H groups in total. The van der Waals surface area contributed by atoms with E-state index in [1.165, 1.54) is 0 Å². The van der Waals surface area contributed by atoms with E-state index in [9.17, 15) is 0 Å². The van der Waals surface area contributed by atoms with Crippen LogP contribution in [0.25, 0.3) is 0 Å². The Morgan fingerprint density at radius 3 is 2.83 bits per heavy atom. The number of rotatable bonds is 9. The zero-order chi connectivity index (χ0) is 16.5. The van der Waals surface area contributed by atoms with Crippen LogP contribution in [-0.4, -0.2) is 33.5 Å². The van der Waals surface area contributed by atoms with Gasteiger partial charge in [0.2, 0.25) is 0 Å². The van der Waals surface area contributed by atoms with Gasteiger partial charge in [0, 0.05) is 31.6 Å². The number of nitrogens with zero attached hydrogens (tertiary/aromatic N) is 2. The summed E-state index contributed by atoms with van der Waals surface area (Å²) in [6.07, 6.45) is 4.93. The van der Waals surface area contributed by atoms with Crippen LogP contribution in [0.15, 0.2) is 29.1 Å². The van der Waals surface area contributed by atoms with E-state index in [1.807, 2.05) is 50.3 Å². The molecule has 126 valence electrons. The van der Waals surface area contributed by atoms with Crippen molar-refractivity contribution in [3.05, 3.63) is 41.9 Å². The smallest absolute Gasteiger partial charge is 0.166 e. The second-order valence-electron chi connectivity index (χ2n) is 5.35. The molecule has 0 bridgehead atoms. The fourth-order valence-corrected chi connectivity index (χ4v) is 3.04. The quantitative estimate of drug-likeness (QED) is 0.535. The highest BCUT2D eigenvalue weighted by atomic mass is 32.2. The lowest BCUT2D eigenvalue weighted by molar-refractivity contribution is 0.501. The molecule has 2 rings (SSSR count). The Labute approximate surface area is 147 Å². The fraction of sp³-hybridized carbons (Fsp3) is 0.500. The zero-order valence-corrected chi connectivity index (χ0v) is 15.3. The zero-order valence-electron chi connectivity index (χ0n) is 13.7. The van der Waals surface area contributed by atoms with Gasteiger partial charge in [-0.25, -0.2) is 4.98 Å². The number of hydrogen-bond donors (Lipinski definition) is 2. The first-order valence-electron chi connectivity index (χ1n) is 7.76. The molecule has 2 heterocycles. The van der Waals surface area contributed by atoms with E-state index in [0.717, 1.165) is 59.9 Å². The molecule has 0 saturated carbocycles. The van der Waals surface area contributed by atoms with Crippen molar-refractivity contribution in [2.24, 2.45) is 0 Å². The molecule has 0 aromatic carbocycles. The van der Waals surface area contributed by atoms with Crippen molar-refractivity contribution in [1.29, 1.82) is 0 Å². The molecule has 0 aliphatic rings. The largest absolute Gasteiger partial charge is 0.466 e. The van der Waals surface area contributed by atoms with Gasteiger partial charge in [0.15, 0.2) is 5.11 Å². The standard InChI is InChI=1S/C16H24N4OS2/c1-13-10-20(12-19-13)8-3-6-17-16(22)18-7-9-23-11-15-5-4-14(2)21-15/h4-5,10,12H,3,6-9,11H2,1-2H3,(H2,17,18,22). The van der Waals surface area contributed by atoms with Crippen LogP contribution < -0.4 is 10.6 Å². The van der Waals surface area contributed by atoms with Gasteiger partial charge in [0.25, 0.3) is 0 Å². The molecule has 2 aromatic heterocycles. The minimum absolute atomic E-state index is 0.723. The number of thiocarbonyl (C=S) groups is 1. The van der Waals surface area contributed by atoms with Gasteiger partial charge in [-0.1, -0.05) is 0 Å². The summed E-state index contributed by atoms with van der Waals surface area (Å²) in [5.41, 5.74) is 1.05. The molecular formula is C16H24N4OS2. The molecule has 23 heavy (non-hydrogen) atoms. The molecule has 0 saturated heterocycles. The minimum Gasteiger partial charge on any atom is -0.466 e. The number of furan rings is 1. The third kappa shape index (κ3) is 7.09. The maximum Gasteiger partial charge on any atom is 0.166 e. The Morgan fingerprint density at radius 1 is 1.30 bits per heavy atom. The van der Waals surface area contributed by atoms with Crippen LogP contribution in [-0.2, 0) is 12.3 Å². The SMILES string of the molecule is Cc1cn(CCCNC(=S)NCCSCc2ccc(C)o2)cn1. The summed E-state index contributed by atoms with van der Waals surface area (Å²) >= 11 is 7.10. The predicted octanol–water partition coefficient (Wildman–Crippen LogP) is 2.88.